The van der Waals surface area contributed by atoms with E-state index in [0.717, 1.165) is 25.1 Å². The SMILES string of the molecule is CCCn1nccc1CNC(C)c1ccc(Cl)cc1Cl. The fraction of sp³-hybridized carbons (Fsp3) is 0.400. The number of nitrogens with one attached hydrogen (secondary N) is 1. The summed E-state index contributed by atoms with van der Waals surface area (Å²) in [6.45, 7) is 5.95. The highest BCUT2D eigenvalue weighted by molar-refractivity contribution is 6.35. The summed E-state index contributed by atoms with van der Waals surface area (Å²) in [4.78, 5) is 0. The largest absolute Gasteiger partial charge is 0.305 e. The summed E-state index contributed by atoms with van der Waals surface area (Å²) in [5, 5.41) is 9.14. The third-order valence-electron chi connectivity index (χ3n) is 3.26. The molecule has 0 aliphatic carbocycles. The highest BCUT2D eigenvalue weighted by Crippen LogP contribution is 2.26. The molecule has 1 N–H and O–H groups in total. The Hall–Kier alpha value is -1.03. The molecular formula is C15H19Cl2N3. The number of hydrogen-bond acceptors (Lipinski definition) is 2. The number of benzene rings is 1. The Morgan fingerprint density at radius 1 is 1.30 bits per heavy atom. The first-order chi connectivity index (χ1) is 9.61. The molecule has 2 rings (SSSR count). The minimum absolute atomic E-state index is 0.157. The van der Waals surface area contributed by atoms with Crippen LogP contribution < -0.4 is 5.32 Å². The summed E-state index contributed by atoms with van der Waals surface area (Å²) in [7, 11) is 0. The van der Waals surface area contributed by atoms with Crippen molar-refractivity contribution in [3.8, 4) is 0 Å². The van der Waals surface area contributed by atoms with Crippen LogP contribution >= 0.6 is 23.2 Å². The lowest BCUT2D eigenvalue weighted by Crippen LogP contribution is -2.20. The van der Waals surface area contributed by atoms with E-state index in [2.05, 4.69) is 24.3 Å². The van der Waals surface area contributed by atoms with Gasteiger partial charge in [-0.05, 0) is 37.1 Å². The summed E-state index contributed by atoms with van der Waals surface area (Å²) in [6, 6.07) is 7.80. The van der Waals surface area contributed by atoms with Crippen molar-refractivity contribution in [2.24, 2.45) is 0 Å². The van der Waals surface area contributed by atoms with E-state index in [1.165, 1.54) is 5.69 Å². The van der Waals surface area contributed by atoms with Crippen LogP contribution in [-0.4, -0.2) is 9.78 Å². The third-order valence-corrected chi connectivity index (χ3v) is 3.82. The molecule has 1 atom stereocenters. The van der Waals surface area contributed by atoms with E-state index in [1.807, 2.05) is 29.1 Å². The fourth-order valence-corrected chi connectivity index (χ4v) is 2.72. The van der Waals surface area contributed by atoms with Gasteiger partial charge in [-0.3, -0.25) is 4.68 Å². The van der Waals surface area contributed by atoms with Gasteiger partial charge in [0, 0.05) is 35.4 Å². The minimum atomic E-state index is 0.157. The van der Waals surface area contributed by atoms with Gasteiger partial charge in [-0.15, -0.1) is 0 Å². The Labute approximate surface area is 129 Å². The molecule has 1 aromatic carbocycles. The Bertz CT molecular complexity index is 566. The van der Waals surface area contributed by atoms with Crippen LogP contribution in [0.1, 0.15) is 37.6 Å². The molecule has 0 radical (unpaired) electrons. The van der Waals surface area contributed by atoms with Gasteiger partial charge < -0.3 is 5.32 Å². The van der Waals surface area contributed by atoms with Crippen molar-refractivity contribution in [1.82, 2.24) is 15.1 Å². The van der Waals surface area contributed by atoms with Crippen molar-refractivity contribution >= 4 is 23.2 Å². The topological polar surface area (TPSA) is 29.9 Å². The van der Waals surface area contributed by atoms with Gasteiger partial charge in [0.25, 0.3) is 0 Å². The van der Waals surface area contributed by atoms with Gasteiger partial charge in [0.2, 0.25) is 0 Å². The second-order valence-electron chi connectivity index (χ2n) is 4.81. The standard InChI is InChI=1S/C15H19Cl2N3/c1-3-8-20-13(6-7-19-20)10-18-11(2)14-5-4-12(16)9-15(14)17/h4-7,9,11,18H,3,8,10H2,1-2H3. The molecule has 108 valence electrons. The molecule has 5 heteroatoms. The smallest absolute Gasteiger partial charge is 0.0522 e. The van der Waals surface area contributed by atoms with Crippen molar-refractivity contribution in [3.63, 3.8) is 0 Å². The van der Waals surface area contributed by atoms with Crippen LogP contribution in [0, 0.1) is 0 Å². The van der Waals surface area contributed by atoms with Crippen LogP contribution in [0.3, 0.4) is 0 Å². The number of halogens is 2. The van der Waals surface area contributed by atoms with Gasteiger partial charge in [0.05, 0.1) is 5.69 Å². The molecule has 0 aliphatic heterocycles. The minimum Gasteiger partial charge on any atom is -0.305 e. The summed E-state index contributed by atoms with van der Waals surface area (Å²) in [5.74, 6) is 0. The first-order valence-corrected chi connectivity index (χ1v) is 7.56. The van der Waals surface area contributed by atoms with E-state index in [4.69, 9.17) is 23.2 Å². The average molecular weight is 312 g/mol. The van der Waals surface area contributed by atoms with Gasteiger partial charge >= 0.3 is 0 Å². The van der Waals surface area contributed by atoms with E-state index in [0.29, 0.717) is 10.0 Å². The molecule has 0 aliphatic rings. The maximum Gasteiger partial charge on any atom is 0.0522 e. The molecular weight excluding hydrogens is 293 g/mol. The Kier molecular flexibility index (Phi) is 5.46. The summed E-state index contributed by atoms with van der Waals surface area (Å²) < 4.78 is 2.03. The van der Waals surface area contributed by atoms with Crippen LogP contribution in [0.25, 0.3) is 0 Å². The zero-order valence-corrected chi connectivity index (χ0v) is 13.2. The average Bonchev–Trinajstić information content (AvgIpc) is 2.84. The van der Waals surface area contributed by atoms with Crippen LogP contribution in [0.5, 0.6) is 0 Å². The highest BCUT2D eigenvalue weighted by atomic mass is 35.5. The molecule has 0 bridgehead atoms. The highest BCUT2D eigenvalue weighted by Gasteiger charge is 2.10. The van der Waals surface area contributed by atoms with Crippen molar-refractivity contribution in [1.29, 1.82) is 0 Å². The molecule has 2 aromatic rings. The molecule has 3 nitrogen and oxygen atoms in total. The van der Waals surface area contributed by atoms with E-state index >= 15 is 0 Å². The zero-order valence-electron chi connectivity index (χ0n) is 11.7. The van der Waals surface area contributed by atoms with E-state index in [1.54, 1.807) is 6.07 Å². The van der Waals surface area contributed by atoms with Crippen LogP contribution in [0.2, 0.25) is 10.0 Å². The number of aryl methyl sites for hydroxylation is 1. The van der Waals surface area contributed by atoms with Crippen molar-refractivity contribution in [2.45, 2.75) is 39.4 Å². The molecule has 0 spiro atoms. The van der Waals surface area contributed by atoms with Gasteiger partial charge in [-0.25, -0.2) is 0 Å². The van der Waals surface area contributed by atoms with E-state index in [9.17, 15) is 0 Å². The number of rotatable bonds is 6. The van der Waals surface area contributed by atoms with Gasteiger partial charge in [-0.2, -0.15) is 5.10 Å². The second-order valence-corrected chi connectivity index (χ2v) is 5.66. The number of nitrogens with zero attached hydrogens (tertiary/aromatic N) is 2. The van der Waals surface area contributed by atoms with Crippen LogP contribution in [0.4, 0.5) is 0 Å². The molecule has 1 heterocycles. The Morgan fingerprint density at radius 2 is 2.10 bits per heavy atom. The van der Waals surface area contributed by atoms with Crippen LogP contribution in [-0.2, 0) is 13.1 Å². The molecule has 0 saturated heterocycles. The second kappa shape index (κ2) is 7.11. The van der Waals surface area contributed by atoms with Gasteiger partial charge in [0.1, 0.15) is 0 Å². The first-order valence-electron chi connectivity index (χ1n) is 6.80. The molecule has 0 amide bonds. The van der Waals surface area contributed by atoms with Crippen molar-refractivity contribution in [2.75, 3.05) is 0 Å². The lowest BCUT2D eigenvalue weighted by Gasteiger charge is -2.16. The Balaban J connectivity index is 2.01. The lowest BCUT2D eigenvalue weighted by atomic mass is 10.1. The number of hydrogen-bond donors (Lipinski definition) is 1. The predicted molar refractivity (Wildman–Crippen MR) is 84.2 cm³/mol. The predicted octanol–water partition coefficient (Wildman–Crippen LogP) is 4.45. The summed E-state index contributed by atoms with van der Waals surface area (Å²) >= 11 is 12.1. The maximum absolute atomic E-state index is 6.22. The van der Waals surface area contributed by atoms with E-state index in [-0.39, 0.29) is 6.04 Å². The maximum atomic E-state index is 6.22. The molecule has 0 saturated carbocycles. The number of aromatic nitrogens is 2. The van der Waals surface area contributed by atoms with Gasteiger partial charge in [-0.1, -0.05) is 36.2 Å². The third kappa shape index (κ3) is 3.75. The normalized spacial score (nSPS) is 12.6. The summed E-state index contributed by atoms with van der Waals surface area (Å²) in [5.41, 5.74) is 2.24. The first kappa shape index (κ1) is 15.4. The molecule has 0 fully saturated rings. The molecule has 20 heavy (non-hydrogen) atoms. The fourth-order valence-electron chi connectivity index (χ4n) is 2.14. The monoisotopic (exact) mass is 311 g/mol. The van der Waals surface area contributed by atoms with Crippen molar-refractivity contribution < 1.29 is 0 Å². The molecule has 1 aromatic heterocycles. The van der Waals surface area contributed by atoms with Crippen LogP contribution in [0.15, 0.2) is 30.5 Å². The lowest BCUT2D eigenvalue weighted by molar-refractivity contribution is 0.517. The zero-order chi connectivity index (χ0) is 14.5. The quantitative estimate of drug-likeness (QED) is 0.854. The van der Waals surface area contributed by atoms with E-state index < -0.39 is 0 Å². The Morgan fingerprint density at radius 3 is 2.80 bits per heavy atom. The van der Waals surface area contributed by atoms with Gasteiger partial charge in [0.15, 0.2) is 0 Å². The van der Waals surface area contributed by atoms with Crippen molar-refractivity contribution in [3.05, 3.63) is 51.8 Å². The summed E-state index contributed by atoms with van der Waals surface area (Å²) in [6.07, 6.45) is 2.92. The molecule has 1 unspecified atom stereocenters.